The maximum absolute atomic E-state index is 13.1. The van der Waals surface area contributed by atoms with Crippen LogP contribution in [0.4, 0.5) is 5.82 Å². The van der Waals surface area contributed by atoms with Crippen LogP contribution in [0.1, 0.15) is 90.4 Å². The average Bonchev–Trinajstić information content (AvgIpc) is 3.45. The summed E-state index contributed by atoms with van der Waals surface area (Å²) in [5.41, 5.74) is 8.64. The zero-order valence-electron chi connectivity index (χ0n) is 23.0. The molecule has 2 heterocycles. The van der Waals surface area contributed by atoms with Crippen molar-refractivity contribution >= 4 is 11.7 Å². The van der Waals surface area contributed by atoms with Crippen LogP contribution in [0.25, 0.3) is 5.69 Å². The summed E-state index contributed by atoms with van der Waals surface area (Å²) in [6.07, 6.45) is 3.04. The van der Waals surface area contributed by atoms with Crippen molar-refractivity contribution in [2.24, 2.45) is 0 Å². The minimum atomic E-state index is -0.287. The zero-order chi connectivity index (χ0) is 26.5. The first kappa shape index (κ1) is 25.1. The Labute approximate surface area is 219 Å². The smallest absolute Gasteiger partial charge is 0.292 e. The van der Waals surface area contributed by atoms with Gasteiger partial charge in [-0.05, 0) is 91.0 Å². The summed E-state index contributed by atoms with van der Waals surface area (Å²) in [5.74, 6) is 1.40. The Hall–Kier alpha value is -3.60. The number of carbonyl (C=O) groups is 1. The van der Waals surface area contributed by atoms with Crippen molar-refractivity contribution in [3.05, 3.63) is 99.6 Å². The first-order valence-corrected chi connectivity index (χ1v) is 13.1. The van der Waals surface area contributed by atoms with Gasteiger partial charge in [0, 0.05) is 12.5 Å². The molecule has 1 N–H and O–H groups in total. The third kappa shape index (κ3) is 4.87. The monoisotopic (exact) mass is 495 g/mol. The molecule has 0 aliphatic heterocycles. The molecule has 1 aliphatic carbocycles. The molecular formula is C32H37N3O2. The maximum atomic E-state index is 13.1. The van der Waals surface area contributed by atoms with E-state index in [1.165, 1.54) is 40.7 Å². The fourth-order valence-electron chi connectivity index (χ4n) is 5.39. The third-order valence-electron chi connectivity index (χ3n) is 7.91. The number of aryl methyl sites for hydroxylation is 3. The molecule has 0 saturated heterocycles. The number of anilines is 1. The highest BCUT2D eigenvalue weighted by Gasteiger charge is 2.37. The average molecular weight is 496 g/mol. The first-order chi connectivity index (χ1) is 17.4. The number of hydrogen-bond donors (Lipinski definition) is 1. The number of benzene rings is 2. The third-order valence-corrected chi connectivity index (χ3v) is 7.91. The number of carbonyl (C=O) groups excluding carboxylic acids is 1. The van der Waals surface area contributed by atoms with E-state index in [9.17, 15) is 4.79 Å². The molecule has 1 aliphatic rings. The number of fused-ring (bicyclic) bond motifs is 1. The quantitative estimate of drug-likeness (QED) is 0.310. The Bertz CT molecular complexity index is 1470. The lowest BCUT2D eigenvalue weighted by molar-refractivity contribution is 0.0994. The highest BCUT2D eigenvalue weighted by molar-refractivity contribution is 6.02. The lowest BCUT2D eigenvalue weighted by Crippen LogP contribution is -2.34. The number of nitrogens with one attached hydrogen (secondary N) is 1. The van der Waals surface area contributed by atoms with Gasteiger partial charge in [-0.3, -0.25) is 4.79 Å². The van der Waals surface area contributed by atoms with Crippen LogP contribution in [0.15, 0.2) is 59.0 Å². The fourth-order valence-corrected chi connectivity index (χ4v) is 5.39. The number of hydrogen-bond acceptors (Lipinski definition) is 3. The molecule has 37 heavy (non-hydrogen) atoms. The van der Waals surface area contributed by atoms with Gasteiger partial charge in [-0.15, -0.1) is 0 Å². The molecule has 4 aromatic rings. The van der Waals surface area contributed by atoms with Crippen LogP contribution < -0.4 is 5.32 Å². The van der Waals surface area contributed by atoms with Gasteiger partial charge in [-0.1, -0.05) is 57.5 Å². The van der Waals surface area contributed by atoms with Gasteiger partial charge in [0.05, 0.1) is 11.4 Å². The van der Waals surface area contributed by atoms with Crippen LogP contribution in [0.3, 0.4) is 0 Å². The Kier molecular flexibility index (Phi) is 6.13. The fraction of sp³-hybridized carbons (Fsp3) is 0.375. The summed E-state index contributed by atoms with van der Waals surface area (Å²) in [5, 5.41) is 7.53. The first-order valence-electron chi connectivity index (χ1n) is 13.1. The van der Waals surface area contributed by atoms with E-state index in [0.717, 1.165) is 17.1 Å². The van der Waals surface area contributed by atoms with Crippen molar-refractivity contribution in [3.8, 4) is 5.69 Å². The number of furan rings is 1. The molecule has 2 aromatic carbocycles. The minimum Gasteiger partial charge on any atom is -0.456 e. The molecule has 0 spiro atoms. The molecule has 0 unspecified atom stereocenters. The van der Waals surface area contributed by atoms with Crippen molar-refractivity contribution in [2.75, 3.05) is 5.32 Å². The van der Waals surface area contributed by atoms with Gasteiger partial charge in [0.2, 0.25) is 0 Å². The molecule has 0 atom stereocenters. The van der Waals surface area contributed by atoms with E-state index in [1.807, 2.05) is 50.2 Å². The Balaban J connectivity index is 1.37. The van der Waals surface area contributed by atoms with E-state index in [1.54, 1.807) is 10.7 Å². The number of aromatic nitrogens is 2. The Morgan fingerprint density at radius 3 is 2.24 bits per heavy atom. The Morgan fingerprint density at radius 1 is 0.919 bits per heavy atom. The van der Waals surface area contributed by atoms with Crippen molar-refractivity contribution in [3.63, 3.8) is 0 Å². The summed E-state index contributed by atoms with van der Waals surface area (Å²) in [7, 11) is 0. The molecule has 192 valence electrons. The molecule has 0 bridgehead atoms. The number of nitrogens with zero attached hydrogens (tertiary/aromatic N) is 2. The number of rotatable bonds is 5. The zero-order valence-corrected chi connectivity index (χ0v) is 23.0. The molecule has 1 amide bonds. The second-order valence-electron chi connectivity index (χ2n) is 11.9. The SMILES string of the molecule is Cc1ccc(-n2nc(C)cc2NC(=O)c2ccc(Cc3cc4c(cc3C)C(C)(C)CCC4(C)C)o2)cc1. The van der Waals surface area contributed by atoms with E-state index in [4.69, 9.17) is 4.42 Å². The van der Waals surface area contributed by atoms with Gasteiger partial charge in [-0.2, -0.15) is 5.10 Å². The lowest BCUT2D eigenvalue weighted by atomic mass is 9.62. The second-order valence-corrected chi connectivity index (χ2v) is 11.9. The Morgan fingerprint density at radius 2 is 1.57 bits per heavy atom. The van der Waals surface area contributed by atoms with Crippen LogP contribution in [0, 0.1) is 20.8 Å². The standard InChI is InChI=1S/C32H37N3O2/c1-20-8-10-24(11-9-20)35-29(17-22(3)34-35)33-30(36)28-13-12-25(37-28)18-23-19-27-26(16-21(23)2)31(4,5)14-15-32(27,6)7/h8-13,16-17,19H,14-15,18H2,1-7H3,(H,33,36). The second kappa shape index (κ2) is 9.05. The molecule has 0 fully saturated rings. The van der Waals surface area contributed by atoms with Crippen molar-refractivity contribution in [1.29, 1.82) is 0 Å². The van der Waals surface area contributed by atoms with Crippen LogP contribution in [-0.2, 0) is 17.3 Å². The highest BCUT2D eigenvalue weighted by atomic mass is 16.3. The maximum Gasteiger partial charge on any atom is 0.292 e. The van der Waals surface area contributed by atoms with E-state index in [2.05, 4.69) is 57.2 Å². The predicted molar refractivity (Wildman–Crippen MR) is 149 cm³/mol. The predicted octanol–water partition coefficient (Wildman–Crippen LogP) is 7.58. The minimum absolute atomic E-state index is 0.153. The van der Waals surface area contributed by atoms with Crippen molar-refractivity contribution in [2.45, 2.75) is 78.6 Å². The molecular weight excluding hydrogens is 458 g/mol. The summed E-state index contributed by atoms with van der Waals surface area (Å²) < 4.78 is 7.79. The van der Waals surface area contributed by atoms with Gasteiger partial charge in [0.1, 0.15) is 11.6 Å². The van der Waals surface area contributed by atoms with Gasteiger partial charge in [0.25, 0.3) is 5.91 Å². The summed E-state index contributed by atoms with van der Waals surface area (Å²) in [4.78, 5) is 13.1. The normalized spacial score (nSPS) is 15.9. The van der Waals surface area contributed by atoms with Gasteiger partial charge in [0.15, 0.2) is 5.76 Å². The van der Waals surface area contributed by atoms with Crippen molar-refractivity contribution in [1.82, 2.24) is 9.78 Å². The van der Waals surface area contributed by atoms with Crippen LogP contribution in [0.5, 0.6) is 0 Å². The topological polar surface area (TPSA) is 60.1 Å². The summed E-state index contributed by atoms with van der Waals surface area (Å²) in [6.45, 7) is 15.5. The molecule has 5 heteroatoms. The van der Waals surface area contributed by atoms with E-state index in [0.29, 0.717) is 18.0 Å². The van der Waals surface area contributed by atoms with Crippen LogP contribution in [-0.4, -0.2) is 15.7 Å². The van der Waals surface area contributed by atoms with E-state index < -0.39 is 0 Å². The lowest BCUT2D eigenvalue weighted by Gasteiger charge is -2.42. The number of amides is 1. The van der Waals surface area contributed by atoms with E-state index in [-0.39, 0.29) is 16.7 Å². The van der Waals surface area contributed by atoms with Gasteiger partial charge >= 0.3 is 0 Å². The molecule has 0 radical (unpaired) electrons. The largest absolute Gasteiger partial charge is 0.456 e. The van der Waals surface area contributed by atoms with Crippen LogP contribution in [0.2, 0.25) is 0 Å². The van der Waals surface area contributed by atoms with Gasteiger partial charge in [-0.25, -0.2) is 4.68 Å². The summed E-state index contributed by atoms with van der Waals surface area (Å²) in [6, 6.07) is 18.3. The molecule has 5 nitrogen and oxygen atoms in total. The van der Waals surface area contributed by atoms with Crippen molar-refractivity contribution < 1.29 is 9.21 Å². The van der Waals surface area contributed by atoms with E-state index >= 15 is 0 Å². The van der Waals surface area contributed by atoms with Gasteiger partial charge < -0.3 is 9.73 Å². The molecule has 0 saturated carbocycles. The highest BCUT2D eigenvalue weighted by Crippen LogP contribution is 2.46. The molecule has 5 rings (SSSR count). The summed E-state index contributed by atoms with van der Waals surface area (Å²) >= 11 is 0. The van der Waals surface area contributed by atoms with Crippen LogP contribution >= 0.6 is 0 Å². The molecule has 2 aromatic heterocycles.